The Morgan fingerprint density at radius 1 is 0.600 bits per heavy atom. The van der Waals surface area contributed by atoms with Crippen LogP contribution in [0.2, 0.25) is 0 Å². The Hall–Kier alpha value is -2.03. The lowest BCUT2D eigenvalue weighted by Crippen LogP contribution is -2.49. The molecule has 0 atom stereocenters. The third-order valence-electron chi connectivity index (χ3n) is 6.86. The maximum absolute atomic E-state index is 2.76. The van der Waals surface area contributed by atoms with Crippen LogP contribution in [0.3, 0.4) is 0 Å². The normalized spacial score (nSPS) is 22.4. The molecule has 0 bridgehead atoms. The van der Waals surface area contributed by atoms with Crippen LogP contribution in [0.5, 0.6) is 0 Å². The molecule has 3 aromatic carbocycles. The zero-order chi connectivity index (χ0) is 20.2. The Labute approximate surface area is 185 Å². The second-order valence-corrected chi connectivity index (χ2v) is 10.3. The van der Waals surface area contributed by atoms with Crippen LogP contribution < -0.4 is 0 Å². The van der Waals surface area contributed by atoms with E-state index in [1.807, 2.05) is 0 Å². The van der Waals surface area contributed by atoms with Crippen molar-refractivity contribution >= 4 is 11.8 Å². The van der Waals surface area contributed by atoms with Gasteiger partial charge in [-0.2, -0.15) is 0 Å². The van der Waals surface area contributed by atoms with Crippen molar-refractivity contribution in [3.05, 3.63) is 108 Å². The molecule has 3 aromatic rings. The van der Waals surface area contributed by atoms with E-state index < -0.39 is 0 Å². The van der Waals surface area contributed by atoms with Gasteiger partial charge in [-0.15, -0.1) is 11.8 Å². The molecular weight excluding hydrogens is 382 g/mol. The third-order valence-corrected chi connectivity index (χ3v) is 8.64. The molecule has 2 aliphatic rings. The minimum Gasteiger partial charge on any atom is -0.300 e. The molecule has 30 heavy (non-hydrogen) atoms. The summed E-state index contributed by atoms with van der Waals surface area (Å²) in [5.74, 6) is 0. The first-order chi connectivity index (χ1) is 14.9. The van der Waals surface area contributed by atoms with E-state index in [1.165, 1.54) is 61.9 Å². The number of hydrogen-bond donors (Lipinski definition) is 0. The van der Waals surface area contributed by atoms with Gasteiger partial charge in [-0.3, -0.25) is 0 Å². The molecule has 1 nitrogen and oxygen atoms in total. The molecule has 2 heteroatoms. The number of piperidine rings is 1. The van der Waals surface area contributed by atoms with Gasteiger partial charge in [-0.25, -0.2) is 0 Å². The SMILES string of the molecule is c1ccc(C(S[C@H]2C[C@H](N3CCCCC3)C2)(c2ccccc2)c2ccccc2)cc1. The summed E-state index contributed by atoms with van der Waals surface area (Å²) in [6.07, 6.45) is 6.82. The van der Waals surface area contributed by atoms with Crippen molar-refractivity contribution in [3.8, 4) is 0 Å². The average Bonchev–Trinajstić information content (AvgIpc) is 2.81. The lowest BCUT2D eigenvalue weighted by atomic mass is 9.84. The average molecular weight is 414 g/mol. The fourth-order valence-corrected chi connectivity index (χ4v) is 7.14. The summed E-state index contributed by atoms with van der Waals surface area (Å²) >= 11 is 2.18. The quantitative estimate of drug-likeness (QED) is 0.412. The molecule has 0 aromatic heterocycles. The molecule has 154 valence electrons. The highest BCUT2D eigenvalue weighted by molar-refractivity contribution is 8.01. The highest BCUT2D eigenvalue weighted by Gasteiger charge is 2.44. The second-order valence-electron chi connectivity index (χ2n) is 8.74. The summed E-state index contributed by atoms with van der Waals surface area (Å²) in [4.78, 5) is 2.76. The summed E-state index contributed by atoms with van der Waals surface area (Å²) in [5, 5.41) is 0.692. The van der Waals surface area contributed by atoms with Crippen LogP contribution in [0, 0.1) is 0 Å². The molecule has 2 fully saturated rings. The summed E-state index contributed by atoms with van der Waals surface area (Å²) in [7, 11) is 0. The van der Waals surface area contributed by atoms with E-state index >= 15 is 0 Å². The first kappa shape index (κ1) is 19.9. The Morgan fingerprint density at radius 3 is 1.47 bits per heavy atom. The molecule has 0 amide bonds. The summed E-state index contributed by atoms with van der Waals surface area (Å²) in [6.45, 7) is 2.62. The number of rotatable bonds is 6. The minimum atomic E-state index is -0.165. The maximum Gasteiger partial charge on any atom is 0.0909 e. The van der Waals surface area contributed by atoms with Gasteiger partial charge >= 0.3 is 0 Å². The molecule has 0 spiro atoms. The van der Waals surface area contributed by atoms with Crippen molar-refractivity contribution < 1.29 is 0 Å². The van der Waals surface area contributed by atoms with Crippen LogP contribution in [-0.4, -0.2) is 29.3 Å². The Morgan fingerprint density at radius 2 is 1.03 bits per heavy atom. The van der Waals surface area contributed by atoms with E-state index in [2.05, 4.69) is 108 Å². The summed E-state index contributed by atoms with van der Waals surface area (Å²) < 4.78 is -0.165. The van der Waals surface area contributed by atoms with Gasteiger partial charge in [0.25, 0.3) is 0 Å². The van der Waals surface area contributed by atoms with Crippen molar-refractivity contribution in [1.82, 2.24) is 4.90 Å². The molecule has 1 saturated carbocycles. The number of likely N-dealkylation sites (tertiary alicyclic amines) is 1. The molecular formula is C28H31NS. The molecule has 1 saturated heterocycles. The fourth-order valence-electron chi connectivity index (χ4n) is 5.19. The minimum absolute atomic E-state index is 0.165. The zero-order valence-corrected chi connectivity index (χ0v) is 18.4. The maximum atomic E-state index is 2.76. The monoisotopic (exact) mass is 413 g/mol. The van der Waals surface area contributed by atoms with Crippen LogP contribution in [0.25, 0.3) is 0 Å². The van der Waals surface area contributed by atoms with Crippen molar-refractivity contribution in [1.29, 1.82) is 0 Å². The highest BCUT2D eigenvalue weighted by Crippen LogP contribution is 2.54. The van der Waals surface area contributed by atoms with Crippen LogP contribution in [0.15, 0.2) is 91.0 Å². The third kappa shape index (κ3) is 3.84. The molecule has 0 N–H and O–H groups in total. The van der Waals surface area contributed by atoms with Crippen LogP contribution in [0.4, 0.5) is 0 Å². The van der Waals surface area contributed by atoms with Crippen LogP contribution in [-0.2, 0) is 4.75 Å². The van der Waals surface area contributed by atoms with E-state index in [9.17, 15) is 0 Å². The van der Waals surface area contributed by atoms with Crippen LogP contribution >= 0.6 is 11.8 Å². The summed E-state index contributed by atoms with van der Waals surface area (Å²) in [5.41, 5.74) is 4.15. The van der Waals surface area contributed by atoms with Crippen molar-refractivity contribution in [2.75, 3.05) is 13.1 Å². The van der Waals surface area contributed by atoms with Gasteiger partial charge in [-0.1, -0.05) is 97.4 Å². The lowest BCUT2D eigenvalue weighted by Gasteiger charge is -2.48. The summed E-state index contributed by atoms with van der Waals surface area (Å²) in [6, 6.07) is 34.2. The molecule has 0 unspecified atom stereocenters. The second kappa shape index (κ2) is 8.99. The van der Waals surface area contributed by atoms with E-state index in [-0.39, 0.29) is 4.75 Å². The molecule has 1 aliphatic heterocycles. The standard InChI is InChI=1S/C28H31NS/c1-5-13-23(14-6-1)28(24-15-7-2-8-16-24,25-17-9-3-10-18-25)30-27-21-26(22-27)29-19-11-4-12-20-29/h1-3,5-10,13-18,26-27H,4,11-12,19-22H2/t26-,27-. The van der Waals surface area contributed by atoms with Gasteiger partial charge in [0.1, 0.15) is 0 Å². The van der Waals surface area contributed by atoms with Gasteiger partial charge in [-0.05, 0) is 55.5 Å². The number of benzene rings is 3. The van der Waals surface area contributed by atoms with Gasteiger partial charge in [0.2, 0.25) is 0 Å². The van der Waals surface area contributed by atoms with Gasteiger partial charge in [0, 0.05) is 11.3 Å². The van der Waals surface area contributed by atoms with E-state index in [0.717, 1.165) is 6.04 Å². The number of hydrogen-bond acceptors (Lipinski definition) is 2. The fraction of sp³-hybridized carbons (Fsp3) is 0.357. The van der Waals surface area contributed by atoms with Crippen molar-refractivity contribution in [2.45, 2.75) is 48.1 Å². The van der Waals surface area contributed by atoms with Gasteiger partial charge < -0.3 is 4.90 Å². The van der Waals surface area contributed by atoms with Gasteiger partial charge in [0.15, 0.2) is 0 Å². The van der Waals surface area contributed by atoms with E-state index in [0.29, 0.717) is 5.25 Å². The zero-order valence-electron chi connectivity index (χ0n) is 17.6. The highest BCUT2D eigenvalue weighted by atomic mass is 32.2. The molecule has 1 heterocycles. The predicted octanol–water partition coefficient (Wildman–Crippen LogP) is 6.73. The number of thioether (sulfide) groups is 1. The first-order valence-electron chi connectivity index (χ1n) is 11.4. The number of nitrogens with zero attached hydrogens (tertiary/aromatic N) is 1. The Kier molecular flexibility index (Phi) is 5.97. The predicted molar refractivity (Wildman–Crippen MR) is 129 cm³/mol. The molecule has 5 rings (SSSR count). The Balaban J connectivity index is 1.50. The smallest absolute Gasteiger partial charge is 0.0909 e. The van der Waals surface area contributed by atoms with E-state index in [1.54, 1.807) is 0 Å². The van der Waals surface area contributed by atoms with Crippen molar-refractivity contribution in [2.24, 2.45) is 0 Å². The lowest BCUT2D eigenvalue weighted by molar-refractivity contribution is 0.109. The van der Waals surface area contributed by atoms with Crippen LogP contribution in [0.1, 0.15) is 48.8 Å². The molecule has 1 aliphatic carbocycles. The van der Waals surface area contributed by atoms with Gasteiger partial charge in [0.05, 0.1) is 4.75 Å². The van der Waals surface area contributed by atoms with Crippen molar-refractivity contribution in [3.63, 3.8) is 0 Å². The van der Waals surface area contributed by atoms with E-state index in [4.69, 9.17) is 0 Å². The Bertz CT molecular complexity index is 816. The topological polar surface area (TPSA) is 3.24 Å². The largest absolute Gasteiger partial charge is 0.300 e. The molecule has 0 radical (unpaired) electrons. The first-order valence-corrected chi connectivity index (χ1v) is 12.3.